The SMILES string of the molecule is COc1ccc(Br)cc1S(=O)(=O)N1CCN(c2ccc(N3CCCC3)nn2)CC1. The van der Waals surface area contributed by atoms with Gasteiger partial charge in [0, 0.05) is 43.7 Å². The molecule has 0 amide bonds. The minimum atomic E-state index is -3.64. The number of nitrogens with zero attached hydrogens (tertiary/aromatic N) is 5. The first-order valence-corrected chi connectivity index (χ1v) is 11.9. The smallest absolute Gasteiger partial charge is 0.246 e. The average molecular weight is 482 g/mol. The van der Waals surface area contributed by atoms with E-state index < -0.39 is 10.0 Å². The first-order chi connectivity index (χ1) is 14.0. The third kappa shape index (κ3) is 4.19. The number of hydrogen-bond donors (Lipinski definition) is 0. The van der Waals surface area contributed by atoms with Gasteiger partial charge < -0.3 is 14.5 Å². The van der Waals surface area contributed by atoms with Gasteiger partial charge in [-0.15, -0.1) is 10.2 Å². The van der Waals surface area contributed by atoms with Crippen LogP contribution in [0.2, 0.25) is 0 Å². The molecule has 1 aromatic carbocycles. The Hall–Kier alpha value is -1.91. The molecule has 0 atom stereocenters. The van der Waals surface area contributed by atoms with Crippen molar-refractivity contribution in [3.05, 3.63) is 34.8 Å². The van der Waals surface area contributed by atoms with Crippen molar-refractivity contribution >= 4 is 37.6 Å². The summed E-state index contributed by atoms with van der Waals surface area (Å²) in [6.07, 6.45) is 2.39. The lowest BCUT2D eigenvalue weighted by Gasteiger charge is -2.34. The van der Waals surface area contributed by atoms with Crippen molar-refractivity contribution in [2.75, 3.05) is 56.2 Å². The topological polar surface area (TPSA) is 78.9 Å². The van der Waals surface area contributed by atoms with Crippen LogP contribution in [0.15, 0.2) is 39.7 Å². The van der Waals surface area contributed by atoms with E-state index in [2.05, 4.69) is 35.9 Å². The van der Waals surface area contributed by atoms with Crippen LogP contribution in [0.1, 0.15) is 12.8 Å². The molecular formula is C19H24BrN5O3S. The van der Waals surface area contributed by atoms with E-state index in [4.69, 9.17) is 4.74 Å². The Morgan fingerprint density at radius 1 is 0.897 bits per heavy atom. The number of rotatable bonds is 5. The molecule has 1 aromatic heterocycles. The monoisotopic (exact) mass is 481 g/mol. The summed E-state index contributed by atoms with van der Waals surface area (Å²) in [5.41, 5.74) is 0. The molecule has 0 spiro atoms. The Kier molecular flexibility index (Phi) is 5.93. The molecule has 156 valence electrons. The lowest BCUT2D eigenvalue weighted by atomic mass is 10.3. The highest BCUT2D eigenvalue weighted by molar-refractivity contribution is 9.10. The minimum absolute atomic E-state index is 0.178. The fraction of sp³-hybridized carbons (Fsp3) is 0.474. The van der Waals surface area contributed by atoms with Crippen molar-refractivity contribution in [2.45, 2.75) is 17.7 Å². The number of benzene rings is 1. The molecule has 4 rings (SSSR count). The summed E-state index contributed by atoms with van der Waals surface area (Å²) in [7, 11) is -2.16. The number of aromatic nitrogens is 2. The number of halogens is 1. The Labute approximate surface area is 179 Å². The second kappa shape index (κ2) is 8.45. The highest BCUT2D eigenvalue weighted by Crippen LogP contribution is 2.30. The summed E-state index contributed by atoms with van der Waals surface area (Å²) in [5, 5.41) is 8.74. The standard InChI is InChI=1S/C19H24BrN5O3S/c1-28-16-5-4-15(20)14-17(16)29(26,27)25-12-10-24(11-13-25)19-7-6-18(21-22-19)23-8-2-3-9-23/h4-7,14H,2-3,8-13H2,1H3. The fourth-order valence-electron chi connectivity index (χ4n) is 3.75. The van der Waals surface area contributed by atoms with Crippen molar-refractivity contribution in [2.24, 2.45) is 0 Å². The molecule has 0 radical (unpaired) electrons. The molecule has 0 unspecified atom stereocenters. The lowest BCUT2D eigenvalue weighted by molar-refractivity contribution is 0.373. The molecule has 2 fully saturated rings. The largest absolute Gasteiger partial charge is 0.495 e. The van der Waals surface area contributed by atoms with Crippen molar-refractivity contribution < 1.29 is 13.2 Å². The zero-order chi connectivity index (χ0) is 20.4. The first-order valence-electron chi connectivity index (χ1n) is 9.66. The maximum absolute atomic E-state index is 13.1. The second-order valence-electron chi connectivity index (χ2n) is 7.13. The average Bonchev–Trinajstić information content (AvgIpc) is 3.29. The molecule has 2 aromatic rings. The van der Waals surface area contributed by atoms with E-state index in [1.807, 2.05) is 12.1 Å². The van der Waals surface area contributed by atoms with Crippen LogP contribution in [-0.2, 0) is 10.0 Å². The summed E-state index contributed by atoms with van der Waals surface area (Å²) in [4.78, 5) is 4.50. The molecular weight excluding hydrogens is 458 g/mol. The van der Waals surface area contributed by atoms with E-state index in [-0.39, 0.29) is 4.90 Å². The maximum atomic E-state index is 13.1. The van der Waals surface area contributed by atoms with Crippen LogP contribution >= 0.6 is 15.9 Å². The van der Waals surface area contributed by atoms with Gasteiger partial charge in [0.15, 0.2) is 11.6 Å². The van der Waals surface area contributed by atoms with Gasteiger partial charge in [0.25, 0.3) is 0 Å². The summed E-state index contributed by atoms with van der Waals surface area (Å²) in [6, 6.07) is 8.99. The molecule has 2 aliphatic rings. The highest BCUT2D eigenvalue weighted by atomic mass is 79.9. The van der Waals surface area contributed by atoms with Gasteiger partial charge in [-0.2, -0.15) is 4.31 Å². The number of sulfonamides is 1. The van der Waals surface area contributed by atoms with Gasteiger partial charge >= 0.3 is 0 Å². The summed E-state index contributed by atoms with van der Waals surface area (Å²) >= 11 is 3.35. The minimum Gasteiger partial charge on any atom is -0.495 e. The molecule has 8 nitrogen and oxygen atoms in total. The molecule has 0 bridgehead atoms. The van der Waals surface area contributed by atoms with E-state index >= 15 is 0 Å². The van der Waals surface area contributed by atoms with Crippen molar-refractivity contribution in [3.8, 4) is 5.75 Å². The number of methoxy groups -OCH3 is 1. The van der Waals surface area contributed by atoms with Crippen LogP contribution in [0, 0.1) is 0 Å². The van der Waals surface area contributed by atoms with Crippen LogP contribution in [0.3, 0.4) is 0 Å². The predicted molar refractivity (Wildman–Crippen MR) is 115 cm³/mol. The highest BCUT2D eigenvalue weighted by Gasteiger charge is 2.31. The zero-order valence-corrected chi connectivity index (χ0v) is 18.7. The van der Waals surface area contributed by atoms with Crippen LogP contribution in [0.4, 0.5) is 11.6 Å². The van der Waals surface area contributed by atoms with Gasteiger partial charge in [-0.25, -0.2) is 8.42 Å². The third-order valence-electron chi connectivity index (χ3n) is 5.37. The normalized spacial score (nSPS) is 18.3. The molecule has 0 aliphatic carbocycles. The molecule has 2 saturated heterocycles. The van der Waals surface area contributed by atoms with Gasteiger partial charge in [0.2, 0.25) is 10.0 Å². The quantitative estimate of drug-likeness (QED) is 0.648. The van der Waals surface area contributed by atoms with Crippen molar-refractivity contribution in [3.63, 3.8) is 0 Å². The third-order valence-corrected chi connectivity index (χ3v) is 7.79. The van der Waals surface area contributed by atoms with E-state index in [1.165, 1.54) is 24.3 Å². The number of ether oxygens (including phenoxy) is 1. The maximum Gasteiger partial charge on any atom is 0.246 e. The van der Waals surface area contributed by atoms with Crippen LogP contribution in [0.25, 0.3) is 0 Å². The second-order valence-corrected chi connectivity index (χ2v) is 9.95. The molecule has 29 heavy (non-hydrogen) atoms. The lowest BCUT2D eigenvalue weighted by Crippen LogP contribution is -2.49. The number of anilines is 2. The van der Waals surface area contributed by atoms with Crippen LogP contribution in [-0.4, -0.2) is 69.3 Å². The van der Waals surface area contributed by atoms with E-state index in [1.54, 1.807) is 18.2 Å². The predicted octanol–water partition coefficient (Wildman–Crippen LogP) is 2.36. The Balaban J connectivity index is 1.44. The van der Waals surface area contributed by atoms with E-state index in [9.17, 15) is 8.42 Å². The zero-order valence-electron chi connectivity index (χ0n) is 16.3. The molecule has 0 N–H and O–H groups in total. The van der Waals surface area contributed by atoms with Crippen LogP contribution in [0.5, 0.6) is 5.75 Å². The first kappa shape index (κ1) is 20.4. The summed E-state index contributed by atoms with van der Waals surface area (Å²) < 4.78 is 33.7. The Bertz CT molecular complexity index is 956. The van der Waals surface area contributed by atoms with Gasteiger partial charge in [-0.3, -0.25) is 0 Å². The molecule has 3 heterocycles. The van der Waals surface area contributed by atoms with E-state index in [0.29, 0.717) is 36.4 Å². The number of piperazine rings is 1. The van der Waals surface area contributed by atoms with Gasteiger partial charge in [0.1, 0.15) is 10.6 Å². The van der Waals surface area contributed by atoms with E-state index in [0.717, 1.165) is 24.7 Å². The number of hydrogen-bond acceptors (Lipinski definition) is 7. The Morgan fingerprint density at radius 3 is 2.03 bits per heavy atom. The van der Waals surface area contributed by atoms with Crippen LogP contribution < -0.4 is 14.5 Å². The van der Waals surface area contributed by atoms with Crippen molar-refractivity contribution in [1.82, 2.24) is 14.5 Å². The Morgan fingerprint density at radius 2 is 1.48 bits per heavy atom. The summed E-state index contributed by atoms with van der Waals surface area (Å²) in [5.74, 6) is 2.04. The van der Waals surface area contributed by atoms with Gasteiger partial charge in [0.05, 0.1) is 7.11 Å². The fourth-order valence-corrected chi connectivity index (χ4v) is 5.87. The molecule has 2 aliphatic heterocycles. The molecule has 0 saturated carbocycles. The summed E-state index contributed by atoms with van der Waals surface area (Å²) in [6.45, 7) is 3.95. The van der Waals surface area contributed by atoms with Gasteiger partial charge in [-0.1, -0.05) is 15.9 Å². The van der Waals surface area contributed by atoms with Gasteiger partial charge in [-0.05, 0) is 43.2 Å². The van der Waals surface area contributed by atoms with Crippen molar-refractivity contribution in [1.29, 1.82) is 0 Å². The molecule has 10 heteroatoms.